The summed E-state index contributed by atoms with van der Waals surface area (Å²) in [6, 6.07) is 3.73. The molecular weight excluding hydrogens is 358 g/mol. The van der Waals surface area contributed by atoms with Gasteiger partial charge in [0.25, 0.3) is 0 Å². The zero-order chi connectivity index (χ0) is 18.4. The molecule has 0 bridgehead atoms. The van der Waals surface area contributed by atoms with Gasteiger partial charge in [-0.25, -0.2) is 13.8 Å². The molecule has 0 amide bonds. The van der Waals surface area contributed by atoms with Crippen LogP contribution in [0.25, 0.3) is 4.96 Å². The first-order valence-corrected chi connectivity index (χ1v) is 9.60. The molecule has 0 radical (unpaired) electrons. The van der Waals surface area contributed by atoms with Crippen molar-refractivity contribution >= 4 is 16.3 Å². The summed E-state index contributed by atoms with van der Waals surface area (Å²) < 4.78 is 28.8. The zero-order valence-corrected chi connectivity index (χ0v) is 15.5. The molecular formula is C18H21F2N4OS+. The minimum Gasteiger partial charge on any atom is -0.492 e. The molecule has 1 aliphatic rings. The third-order valence-corrected chi connectivity index (χ3v) is 6.25. The van der Waals surface area contributed by atoms with Crippen molar-refractivity contribution in [3.05, 3.63) is 46.1 Å². The van der Waals surface area contributed by atoms with E-state index in [2.05, 4.69) is 17.0 Å². The highest BCUT2D eigenvalue weighted by Gasteiger charge is 2.35. The number of aromatic hydroxyl groups is 1. The first-order chi connectivity index (χ1) is 12.4. The SMILES string of the molecule is Cc1nc2sc([C@@H](c3ccc(F)c(F)c3)[NH+]3CCC(C)CC3)c(O)n2n1. The van der Waals surface area contributed by atoms with Crippen LogP contribution in [0.5, 0.6) is 5.88 Å². The van der Waals surface area contributed by atoms with Crippen LogP contribution in [0.3, 0.4) is 0 Å². The summed E-state index contributed by atoms with van der Waals surface area (Å²) in [6.07, 6.45) is 2.13. The Kier molecular flexibility index (Phi) is 4.40. The Morgan fingerprint density at radius 3 is 2.65 bits per heavy atom. The highest BCUT2D eigenvalue weighted by atomic mass is 32.1. The molecule has 0 spiro atoms. The Morgan fingerprint density at radius 2 is 2.00 bits per heavy atom. The summed E-state index contributed by atoms with van der Waals surface area (Å²) in [5.74, 6) is -0.458. The number of aryl methyl sites for hydroxylation is 1. The predicted molar refractivity (Wildman–Crippen MR) is 94.6 cm³/mol. The number of likely N-dealkylation sites (tertiary alicyclic amines) is 1. The Morgan fingerprint density at radius 1 is 1.27 bits per heavy atom. The Balaban J connectivity index is 1.82. The number of thiazole rings is 1. The maximum Gasteiger partial charge on any atom is 0.235 e. The van der Waals surface area contributed by atoms with Crippen molar-refractivity contribution in [1.82, 2.24) is 14.6 Å². The van der Waals surface area contributed by atoms with Gasteiger partial charge in [0.1, 0.15) is 10.7 Å². The summed E-state index contributed by atoms with van der Waals surface area (Å²) in [6.45, 7) is 5.82. The topological polar surface area (TPSA) is 54.9 Å². The zero-order valence-electron chi connectivity index (χ0n) is 14.7. The van der Waals surface area contributed by atoms with Gasteiger partial charge >= 0.3 is 0 Å². The predicted octanol–water partition coefficient (Wildman–Crippen LogP) is 2.49. The molecule has 2 N–H and O–H groups in total. The molecule has 0 unspecified atom stereocenters. The maximum absolute atomic E-state index is 13.9. The minimum absolute atomic E-state index is 0.0338. The van der Waals surface area contributed by atoms with Crippen molar-refractivity contribution in [2.24, 2.45) is 5.92 Å². The number of hydrogen-bond acceptors (Lipinski definition) is 4. The molecule has 1 fully saturated rings. The number of hydrogen-bond donors (Lipinski definition) is 2. The summed E-state index contributed by atoms with van der Waals surface area (Å²) >= 11 is 1.35. The van der Waals surface area contributed by atoms with Gasteiger partial charge in [0.05, 0.1) is 13.1 Å². The fraction of sp³-hybridized carbons (Fsp3) is 0.444. The molecule has 1 aromatic carbocycles. The number of rotatable bonds is 3. The van der Waals surface area contributed by atoms with Gasteiger partial charge in [-0.1, -0.05) is 18.3 Å². The monoisotopic (exact) mass is 379 g/mol. The second kappa shape index (κ2) is 6.59. The molecule has 8 heteroatoms. The van der Waals surface area contributed by atoms with Crippen LogP contribution in [0.4, 0.5) is 8.78 Å². The van der Waals surface area contributed by atoms with E-state index in [4.69, 9.17) is 0 Å². The molecule has 3 heterocycles. The third-order valence-electron chi connectivity index (χ3n) is 5.17. The molecule has 0 aliphatic carbocycles. The van der Waals surface area contributed by atoms with E-state index in [1.807, 2.05) is 0 Å². The lowest BCUT2D eigenvalue weighted by molar-refractivity contribution is -0.931. The summed E-state index contributed by atoms with van der Waals surface area (Å²) in [4.78, 5) is 6.86. The van der Waals surface area contributed by atoms with Crippen LogP contribution in [0.2, 0.25) is 0 Å². The minimum atomic E-state index is -0.868. The van der Waals surface area contributed by atoms with Gasteiger partial charge in [0, 0.05) is 5.56 Å². The van der Waals surface area contributed by atoms with Crippen molar-refractivity contribution in [2.75, 3.05) is 13.1 Å². The van der Waals surface area contributed by atoms with Crippen LogP contribution in [0.1, 0.15) is 42.1 Å². The number of benzene rings is 1. The molecule has 5 nitrogen and oxygen atoms in total. The molecule has 4 rings (SSSR count). The average Bonchev–Trinajstić information content (AvgIpc) is 3.11. The fourth-order valence-corrected chi connectivity index (χ4v) is 4.91. The number of nitrogens with one attached hydrogen (secondary N) is 1. The number of piperidine rings is 1. The van der Waals surface area contributed by atoms with E-state index >= 15 is 0 Å². The van der Waals surface area contributed by atoms with Crippen molar-refractivity contribution in [2.45, 2.75) is 32.7 Å². The van der Waals surface area contributed by atoms with Crippen molar-refractivity contribution in [1.29, 1.82) is 0 Å². The lowest BCUT2D eigenvalue weighted by Crippen LogP contribution is -3.13. The van der Waals surface area contributed by atoms with Gasteiger partial charge in [-0.3, -0.25) is 0 Å². The van der Waals surface area contributed by atoms with Crippen molar-refractivity contribution < 1.29 is 18.8 Å². The Bertz CT molecular complexity index is 946. The average molecular weight is 379 g/mol. The van der Waals surface area contributed by atoms with Crippen molar-refractivity contribution in [3.8, 4) is 5.88 Å². The van der Waals surface area contributed by atoms with E-state index in [-0.39, 0.29) is 11.9 Å². The highest BCUT2D eigenvalue weighted by molar-refractivity contribution is 7.17. The fourth-order valence-electron chi connectivity index (χ4n) is 3.72. The van der Waals surface area contributed by atoms with Gasteiger partial charge in [-0.05, 0) is 43.9 Å². The van der Waals surface area contributed by atoms with Crippen LogP contribution in [-0.4, -0.2) is 32.8 Å². The van der Waals surface area contributed by atoms with E-state index < -0.39 is 11.6 Å². The van der Waals surface area contributed by atoms with Gasteiger partial charge in [0.15, 0.2) is 17.7 Å². The van der Waals surface area contributed by atoms with E-state index in [1.165, 1.54) is 26.8 Å². The van der Waals surface area contributed by atoms with Crippen LogP contribution in [0, 0.1) is 24.5 Å². The van der Waals surface area contributed by atoms with E-state index in [9.17, 15) is 13.9 Å². The number of quaternary nitrogens is 1. The number of aromatic nitrogens is 3. The van der Waals surface area contributed by atoms with Gasteiger partial charge in [-0.15, -0.1) is 5.10 Å². The standard InChI is InChI=1S/C18H20F2N4OS/c1-10-5-7-23(8-6-10)15(12-3-4-13(19)14(20)9-12)16-17(25)24-18(26-16)21-11(2)22-24/h3-4,9-10,15,25H,5-8H2,1-2H3/p+1/t15-/m1/s1. The number of fused-ring (bicyclic) bond motifs is 1. The smallest absolute Gasteiger partial charge is 0.235 e. The number of halogens is 2. The molecule has 3 aromatic rings. The van der Waals surface area contributed by atoms with Gasteiger partial charge in [0.2, 0.25) is 10.8 Å². The van der Waals surface area contributed by atoms with E-state index in [0.29, 0.717) is 27.1 Å². The lowest BCUT2D eigenvalue weighted by Gasteiger charge is -2.33. The van der Waals surface area contributed by atoms with Crippen LogP contribution in [-0.2, 0) is 0 Å². The van der Waals surface area contributed by atoms with E-state index in [0.717, 1.165) is 32.0 Å². The summed E-state index contributed by atoms with van der Waals surface area (Å²) in [5, 5.41) is 15.0. The second-order valence-electron chi connectivity index (χ2n) is 7.09. The molecule has 1 saturated heterocycles. The highest BCUT2D eigenvalue weighted by Crippen LogP contribution is 2.35. The first kappa shape index (κ1) is 17.4. The normalized spacial score (nSPS) is 22.0. The number of nitrogens with zero attached hydrogens (tertiary/aromatic N) is 3. The second-order valence-corrected chi connectivity index (χ2v) is 8.10. The van der Waals surface area contributed by atoms with Gasteiger partial charge < -0.3 is 10.0 Å². The molecule has 26 heavy (non-hydrogen) atoms. The molecule has 1 atom stereocenters. The lowest BCUT2D eigenvalue weighted by atomic mass is 9.95. The summed E-state index contributed by atoms with van der Waals surface area (Å²) in [7, 11) is 0. The molecule has 0 saturated carbocycles. The Labute approximate surface area is 153 Å². The van der Waals surface area contributed by atoms with Crippen LogP contribution < -0.4 is 4.90 Å². The summed E-state index contributed by atoms with van der Waals surface area (Å²) in [5.41, 5.74) is 0.657. The molecule has 2 aromatic heterocycles. The van der Waals surface area contributed by atoms with Crippen LogP contribution in [0.15, 0.2) is 18.2 Å². The van der Waals surface area contributed by atoms with Crippen molar-refractivity contribution in [3.63, 3.8) is 0 Å². The van der Waals surface area contributed by atoms with Crippen LogP contribution >= 0.6 is 11.3 Å². The largest absolute Gasteiger partial charge is 0.492 e. The Hall–Kier alpha value is -2.06. The quantitative estimate of drug-likeness (QED) is 0.735. The first-order valence-electron chi connectivity index (χ1n) is 8.78. The third kappa shape index (κ3) is 2.97. The molecule has 1 aliphatic heterocycles. The molecule has 138 valence electrons. The van der Waals surface area contributed by atoms with Gasteiger partial charge in [-0.2, -0.15) is 4.52 Å². The van der Waals surface area contributed by atoms with E-state index in [1.54, 1.807) is 13.0 Å². The maximum atomic E-state index is 13.9.